The van der Waals surface area contributed by atoms with Crippen LogP contribution in [0.5, 0.6) is 0 Å². The predicted molar refractivity (Wildman–Crippen MR) is 56.4 cm³/mol. The van der Waals surface area contributed by atoms with Gasteiger partial charge in [-0.15, -0.1) is 0 Å². The first-order valence-corrected chi connectivity index (χ1v) is 4.91. The summed E-state index contributed by atoms with van der Waals surface area (Å²) in [6.07, 6.45) is -4.59. The van der Waals surface area contributed by atoms with Crippen LogP contribution < -0.4 is 5.56 Å². The Balaban J connectivity index is 2.59. The Morgan fingerprint density at radius 3 is 2.41 bits per heavy atom. The number of alkyl halides is 3. The second-order valence-corrected chi connectivity index (χ2v) is 3.70. The van der Waals surface area contributed by atoms with Crippen molar-refractivity contribution < 1.29 is 13.2 Å². The molecule has 90 valence electrons. The van der Waals surface area contributed by atoms with E-state index in [0.717, 1.165) is 4.68 Å². The molecule has 17 heavy (non-hydrogen) atoms. The van der Waals surface area contributed by atoms with Crippen LogP contribution in [0.4, 0.5) is 13.2 Å². The van der Waals surface area contributed by atoms with Crippen molar-refractivity contribution in [3.63, 3.8) is 0 Å². The van der Waals surface area contributed by atoms with Crippen LogP contribution in [0.2, 0.25) is 5.02 Å². The lowest BCUT2D eigenvalue weighted by Gasteiger charge is -2.05. The van der Waals surface area contributed by atoms with Gasteiger partial charge in [0.25, 0.3) is 5.56 Å². The number of nitrogens with one attached hydrogen (secondary N) is 1. The maximum Gasteiger partial charge on any atom is 0.432 e. The Morgan fingerprint density at radius 1 is 1.24 bits per heavy atom. The van der Waals surface area contributed by atoms with Gasteiger partial charge in [0.1, 0.15) is 5.69 Å². The van der Waals surface area contributed by atoms with E-state index in [1.54, 1.807) is 12.1 Å². The van der Waals surface area contributed by atoms with Crippen LogP contribution in [0.1, 0.15) is 5.69 Å². The van der Waals surface area contributed by atoms with E-state index < -0.39 is 17.4 Å². The summed E-state index contributed by atoms with van der Waals surface area (Å²) in [5, 5.41) is 2.16. The van der Waals surface area contributed by atoms with Gasteiger partial charge in [0, 0.05) is 6.07 Å². The standard InChI is InChI=1S/C10H6ClF3N2O/c11-6-3-1-2-4-7(6)16-9(17)5-8(15-16)10(12,13)14/h1-5,15H. The number of hydrogen-bond acceptors (Lipinski definition) is 1. The second-order valence-electron chi connectivity index (χ2n) is 3.29. The lowest BCUT2D eigenvalue weighted by Crippen LogP contribution is -2.13. The minimum Gasteiger partial charge on any atom is -0.286 e. The van der Waals surface area contributed by atoms with Crippen LogP contribution >= 0.6 is 11.6 Å². The number of rotatable bonds is 1. The topological polar surface area (TPSA) is 37.8 Å². The van der Waals surface area contributed by atoms with Gasteiger partial charge in [-0.3, -0.25) is 9.89 Å². The van der Waals surface area contributed by atoms with E-state index in [-0.39, 0.29) is 10.7 Å². The van der Waals surface area contributed by atoms with Crippen LogP contribution in [0.3, 0.4) is 0 Å². The van der Waals surface area contributed by atoms with Crippen molar-refractivity contribution in [3.05, 3.63) is 51.4 Å². The van der Waals surface area contributed by atoms with Gasteiger partial charge in [-0.2, -0.15) is 13.2 Å². The third-order valence-electron chi connectivity index (χ3n) is 2.12. The molecule has 0 saturated carbocycles. The van der Waals surface area contributed by atoms with Crippen LogP contribution in [0.25, 0.3) is 5.69 Å². The summed E-state index contributed by atoms with van der Waals surface area (Å²) < 4.78 is 37.9. The number of para-hydroxylation sites is 1. The van der Waals surface area contributed by atoms with Crippen molar-refractivity contribution in [2.75, 3.05) is 0 Å². The summed E-state index contributed by atoms with van der Waals surface area (Å²) in [5.41, 5.74) is -1.75. The maximum atomic E-state index is 12.4. The van der Waals surface area contributed by atoms with Gasteiger partial charge >= 0.3 is 6.18 Å². The average Bonchev–Trinajstić information content (AvgIpc) is 2.61. The van der Waals surface area contributed by atoms with Crippen LogP contribution in [-0.4, -0.2) is 9.78 Å². The molecule has 0 bridgehead atoms. The van der Waals surface area contributed by atoms with Gasteiger partial charge in [0.05, 0.1) is 10.7 Å². The number of halogens is 4. The molecule has 1 aromatic carbocycles. The molecule has 0 amide bonds. The second kappa shape index (κ2) is 3.96. The van der Waals surface area contributed by atoms with Gasteiger partial charge in [-0.05, 0) is 12.1 Å². The quantitative estimate of drug-likeness (QED) is 0.843. The number of aromatic nitrogens is 2. The molecule has 2 rings (SSSR count). The molecule has 0 radical (unpaired) electrons. The fraction of sp³-hybridized carbons (Fsp3) is 0.100. The zero-order valence-corrected chi connectivity index (χ0v) is 9.01. The molecular formula is C10H6ClF3N2O. The van der Waals surface area contributed by atoms with Crippen molar-refractivity contribution in [1.82, 2.24) is 9.78 Å². The Bertz CT molecular complexity index is 600. The van der Waals surface area contributed by atoms with Gasteiger partial charge < -0.3 is 0 Å². The first-order valence-electron chi connectivity index (χ1n) is 4.54. The third kappa shape index (κ3) is 2.21. The van der Waals surface area contributed by atoms with Crippen molar-refractivity contribution in [3.8, 4) is 5.69 Å². The molecule has 7 heteroatoms. The zero-order valence-electron chi connectivity index (χ0n) is 8.25. The average molecular weight is 263 g/mol. The molecule has 0 saturated heterocycles. The van der Waals surface area contributed by atoms with E-state index in [1.165, 1.54) is 12.1 Å². The molecule has 0 unspecified atom stereocenters. The number of aromatic amines is 1. The number of benzene rings is 1. The molecule has 2 aromatic rings. The summed E-state index contributed by atoms with van der Waals surface area (Å²) in [6.45, 7) is 0. The molecule has 0 aliphatic carbocycles. The number of hydrogen-bond donors (Lipinski definition) is 1. The molecule has 0 fully saturated rings. The Labute approximate surface area is 98.4 Å². The highest BCUT2D eigenvalue weighted by molar-refractivity contribution is 6.32. The Morgan fingerprint density at radius 2 is 1.88 bits per heavy atom. The van der Waals surface area contributed by atoms with Crippen molar-refractivity contribution in [2.24, 2.45) is 0 Å². The van der Waals surface area contributed by atoms with E-state index in [9.17, 15) is 18.0 Å². The smallest absolute Gasteiger partial charge is 0.286 e. The van der Waals surface area contributed by atoms with Crippen LogP contribution in [0, 0.1) is 0 Å². The number of nitrogens with zero attached hydrogens (tertiary/aromatic N) is 1. The minimum atomic E-state index is -4.59. The van der Waals surface area contributed by atoms with E-state index in [4.69, 9.17) is 11.6 Å². The van der Waals surface area contributed by atoms with E-state index in [0.29, 0.717) is 6.07 Å². The summed E-state index contributed by atoms with van der Waals surface area (Å²) in [7, 11) is 0. The van der Waals surface area contributed by atoms with Crippen LogP contribution in [-0.2, 0) is 6.18 Å². The molecule has 0 aliphatic rings. The van der Waals surface area contributed by atoms with E-state index in [1.807, 2.05) is 5.10 Å². The molecule has 0 aliphatic heterocycles. The van der Waals surface area contributed by atoms with Gasteiger partial charge in [0.15, 0.2) is 0 Å². The van der Waals surface area contributed by atoms with Gasteiger partial charge in [0.2, 0.25) is 0 Å². The van der Waals surface area contributed by atoms with Crippen molar-refractivity contribution in [2.45, 2.75) is 6.18 Å². The molecule has 0 spiro atoms. The fourth-order valence-corrected chi connectivity index (χ4v) is 1.57. The molecule has 1 N–H and O–H groups in total. The van der Waals surface area contributed by atoms with Crippen molar-refractivity contribution in [1.29, 1.82) is 0 Å². The summed E-state index contributed by atoms with van der Waals surface area (Å²) in [5.74, 6) is 0. The molecular weight excluding hydrogens is 257 g/mol. The van der Waals surface area contributed by atoms with E-state index >= 15 is 0 Å². The van der Waals surface area contributed by atoms with Crippen molar-refractivity contribution >= 4 is 11.6 Å². The molecule has 1 heterocycles. The van der Waals surface area contributed by atoms with Crippen LogP contribution in [0.15, 0.2) is 35.1 Å². The SMILES string of the molecule is O=c1cc(C(F)(F)F)[nH]n1-c1ccccc1Cl. The molecule has 3 nitrogen and oxygen atoms in total. The molecule has 1 aromatic heterocycles. The predicted octanol–water partition coefficient (Wildman–Crippen LogP) is 2.84. The Kier molecular flexibility index (Phi) is 2.74. The highest BCUT2D eigenvalue weighted by Gasteiger charge is 2.33. The summed E-state index contributed by atoms with van der Waals surface area (Å²) in [6, 6.07) is 6.60. The van der Waals surface area contributed by atoms with Gasteiger partial charge in [-0.25, -0.2) is 4.68 Å². The first-order chi connectivity index (χ1) is 7.89. The van der Waals surface area contributed by atoms with E-state index in [2.05, 4.69) is 0 Å². The lowest BCUT2D eigenvalue weighted by atomic mass is 10.3. The highest BCUT2D eigenvalue weighted by atomic mass is 35.5. The minimum absolute atomic E-state index is 0.176. The largest absolute Gasteiger partial charge is 0.432 e. The Hall–Kier alpha value is -1.69. The molecule has 0 atom stereocenters. The number of H-pyrrole nitrogens is 1. The summed E-state index contributed by atoms with van der Waals surface area (Å²) >= 11 is 5.79. The first kappa shape index (κ1) is 11.8. The lowest BCUT2D eigenvalue weighted by molar-refractivity contribution is -0.141. The summed E-state index contributed by atoms with van der Waals surface area (Å²) in [4.78, 5) is 11.4. The zero-order chi connectivity index (χ0) is 12.6. The normalized spacial score (nSPS) is 11.8. The maximum absolute atomic E-state index is 12.4. The van der Waals surface area contributed by atoms with Gasteiger partial charge in [-0.1, -0.05) is 23.7 Å². The third-order valence-corrected chi connectivity index (χ3v) is 2.44. The monoisotopic (exact) mass is 262 g/mol. The fourth-order valence-electron chi connectivity index (χ4n) is 1.35. The highest BCUT2D eigenvalue weighted by Crippen LogP contribution is 2.27.